The molecule has 0 aromatic heterocycles. The Morgan fingerprint density at radius 2 is 1.67 bits per heavy atom. The smallest absolute Gasteiger partial charge is 0.264 e. The molecule has 0 amide bonds. The van der Waals surface area contributed by atoms with E-state index < -0.39 is 9.05 Å². The van der Waals surface area contributed by atoms with E-state index in [-0.39, 0.29) is 10.6 Å². The summed E-state index contributed by atoms with van der Waals surface area (Å²) in [5.74, 6) is 0.273. The second-order valence-corrected chi connectivity index (χ2v) is 7.38. The highest BCUT2D eigenvalue weighted by Gasteiger charge is 2.17. The van der Waals surface area contributed by atoms with Crippen LogP contribution in [0.15, 0.2) is 47.4 Å². The molecule has 0 heterocycles. The fourth-order valence-electron chi connectivity index (χ4n) is 1.96. The zero-order chi connectivity index (χ0) is 15.5. The number of hydrogen-bond acceptors (Lipinski definition) is 3. The van der Waals surface area contributed by atoms with Gasteiger partial charge in [0.1, 0.15) is 17.3 Å². The van der Waals surface area contributed by atoms with Crippen LogP contribution in [-0.2, 0) is 22.1 Å². The molecule has 3 nitrogen and oxygen atoms in total. The highest BCUT2D eigenvalue weighted by Crippen LogP contribution is 2.28. The van der Waals surface area contributed by atoms with Crippen LogP contribution < -0.4 is 4.74 Å². The van der Waals surface area contributed by atoms with Crippen LogP contribution in [0.1, 0.15) is 23.6 Å². The minimum absolute atomic E-state index is 0.00865. The Labute approximate surface area is 129 Å². The van der Waals surface area contributed by atoms with Crippen molar-refractivity contribution in [2.45, 2.75) is 31.8 Å². The fraction of sp³-hybridized carbons (Fsp3) is 0.250. The van der Waals surface area contributed by atoms with E-state index in [4.69, 9.17) is 15.4 Å². The van der Waals surface area contributed by atoms with Gasteiger partial charge in [0.15, 0.2) is 0 Å². The number of benzene rings is 2. The molecule has 0 fully saturated rings. The van der Waals surface area contributed by atoms with Gasteiger partial charge in [0.25, 0.3) is 9.05 Å². The van der Waals surface area contributed by atoms with Crippen molar-refractivity contribution in [3.8, 4) is 5.75 Å². The largest absolute Gasteiger partial charge is 0.487 e. The number of halogens is 1. The minimum atomic E-state index is -3.82. The first-order chi connectivity index (χ1) is 9.90. The lowest BCUT2D eigenvalue weighted by Gasteiger charge is -2.11. The molecule has 0 radical (unpaired) electrons. The third kappa shape index (κ3) is 4.22. The predicted molar refractivity (Wildman–Crippen MR) is 84.4 cm³/mol. The zero-order valence-electron chi connectivity index (χ0n) is 12.0. The van der Waals surface area contributed by atoms with E-state index in [2.05, 4.69) is 6.92 Å². The molecule has 21 heavy (non-hydrogen) atoms. The Balaban J connectivity index is 2.19. The van der Waals surface area contributed by atoms with Crippen molar-refractivity contribution in [1.29, 1.82) is 0 Å². The van der Waals surface area contributed by atoms with Crippen LogP contribution in [0, 0.1) is 6.92 Å². The van der Waals surface area contributed by atoms with Crippen molar-refractivity contribution in [2.75, 3.05) is 0 Å². The quantitative estimate of drug-likeness (QED) is 0.779. The molecular formula is C16H17ClO3S. The molecule has 0 atom stereocenters. The molecule has 2 rings (SSSR count). The molecule has 0 spiro atoms. The van der Waals surface area contributed by atoms with Gasteiger partial charge in [0.05, 0.1) is 0 Å². The molecule has 5 heteroatoms. The highest BCUT2D eigenvalue weighted by atomic mass is 35.7. The summed E-state index contributed by atoms with van der Waals surface area (Å²) in [6.07, 6.45) is 0.980. The van der Waals surface area contributed by atoms with Gasteiger partial charge in [-0.2, -0.15) is 0 Å². The Kier molecular flexibility index (Phi) is 4.91. The van der Waals surface area contributed by atoms with Crippen molar-refractivity contribution in [2.24, 2.45) is 0 Å². The summed E-state index contributed by atoms with van der Waals surface area (Å²) in [6, 6.07) is 13.0. The predicted octanol–water partition coefficient (Wildman–Crippen LogP) is 4.06. The number of ether oxygens (including phenoxy) is 1. The van der Waals surface area contributed by atoms with Gasteiger partial charge in [0, 0.05) is 10.7 Å². The van der Waals surface area contributed by atoms with Crippen LogP contribution in [0.5, 0.6) is 5.75 Å². The molecule has 112 valence electrons. The Morgan fingerprint density at radius 3 is 2.24 bits per heavy atom. The van der Waals surface area contributed by atoms with Crippen molar-refractivity contribution in [3.05, 3.63) is 59.2 Å². The average Bonchev–Trinajstić information content (AvgIpc) is 2.45. The molecule has 2 aromatic carbocycles. The van der Waals surface area contributed by atoms with Crippen LogP contribution in [-0.4, -0.2) is 8.42 Å². The molecule has 0 aliphatic carbocycles. The van der Waals surface area contributed by atoms with Gasteiger partial charge >= 0.3 is 0 Å². The van der Waals surface area contributed by atoms with Gasteiger partial charge in [-0.3, -0.25) is 0 Å². The van der Waals surface area contributed by atoms with Gasteiger partial charge in [-0.1, -0.05) is 37.3 Å². The van der Waals surface area contributed by atoms with E-state index in [0.29, 0.717) is 6.61 Å². The number of rotatable bonds is 5. The normalized spacial score (nSPS) is 11.4. The maximum absolute atomic E-state index is 11.6. The van der Waals surface area contributed by atoms with Crippen LogP contribution >= 0.6 is 10.7 Å². The standard InChI is InChI=1S/C16H17ClO3S/c1-3-13-5-7-14(8-6-13)11-20-15-9-4-12(2)10-16(15)21(17,18)19/h4-10H,3,11H2,1-2H3. The third-order valence-electron chi connectivity index (χ3n) is 3.19. The third-order valence-corrected chi connectivity index (χ3v) is 4.53. The van der Waals surface area contributed by atoms with Crippen LogP contribution in [0.25, 0.3) is 0 Å². The first-order valence-corrected chi connectivity index (χ1v) is 8.97. The van der Waals surface area contributed by atoms with Crippen LogP contribution in [0.3, 0.4) is 0 Å². The molecule has 0 aliphatic heterocycles. The molecule has 0 bridgehead atoms. The van der Waals surface area contributed by atoms with Crippen molar-refractivity contribution >= 4 is 19.7 Å². The first kappa shape index (κ1) is 15.9. The summed E-state index contributed by atoms with van der Waals surface area (Å²) in [7, 11) is 1.63. The Hall–Kier alpha value is -1.52. The van der Waals surface area contributed by atoms with E-state index in [1.54, 1.807) is 19.1 Å². The van der Waals surface area contributed by atoms with Gasteiger partial charge < -0.3 is 4.74 Å². The maximum Gasteiger partial charge on any atom is 0.264 e. The van der Waals surface area contributed by atoms with E-state index >= 15 is 0 Å². The summed E-state index contributed by atoms with van der Waals surface area (Å²) in [5.41, 5.74) is 3.04. The maximum atomic E-state index is 11.6. The monoisotopic (exact) mass is 324 g/mol. The molecule has 0 N–H and O–H groups in total. The van der Waals surface area contributed by atoms with Crippen molar-refractivity contribution < 1.29 is 13.2 Å². The first-order valence-electron chi connectivity index (χ1n) is 6.66. The molecule has 0 aliphatic rings. The van der Waals surface area contributed by atoms with E-state index in [0.717, 1.165) is 17.5 Å². The Morgan fingerprint density at radius 1 is 1.05 bits per heavy atom. The van der Waals surface area contributed by atoms with Crippen LogP contribution in [0.2, 0.25) is 0 Å². The second kappa shape index (κ2) is 6.50. The molecule has 0 saturated carbocycles. The van der Waals surface area contributed by atoms with Crippen molar-refractivity contribution in [1.82, 2.24) is 0 Å². The molecular weight excluding hydrogens is 308 g/mol. The lowest BCUT2D eigenvalue weighted by atomic mass is 10.1. The number of hydrogen-bond donors (Lipinski definition) is 0. The Bertz CT molecular complexity index is 722. The summed E-state index contributed by atoms with van der Waals surface area (Å²) in [4.78, 5) is 0.00865. The van der Waals surface area contributed by atoms with E-state index in [1.807, 2.05) is 24.3 Å². The summed E-state index contributed by atoms with van der Waals surface area (Å²) in [6.45, 7) is 4.20. The van der Waals surface area contributed by atoms with Gasteiger partial charge in [0.2, 0.25) is 0 Å². The number of aryl methyl sites for hydroxylation is 2. The van der Waals surface area contributed by atoms with E-state index in [1.165, 1.54) is 11.6 Å². The topological polar surface area (TPSA) is 43.4 Å². The summed E-state index contributed by atoms with van der Waals surface area (Å²) >= 11 is 0. The van der Waals surface area contributed by atoms with Gasteiger partial charge in [-0.25, -0.2) is 8.42 Å². The second-order valence-electron chi connectivity index (χ2n) is 4.85. The van der Waals surface area contributed by atoms with Crippen molar-refractivity contribution in [3.63, 3.8) is 0 Å². The molecule has 0 saturated heterocycles. The zero-order valence-corrected chi connectivity index (χ0v) is 13.5. The lowest BCUT2D eigenvalue weighted by molar-refractivity contribution is 0.298. The molecule has 0 unspecified atom stereocenters. The van der Waals surface area contributed by atoms with E-state index in [9.17, 15) is 8.42 Å². The fourth-order valence-corrected chi connectivity index (χ4v) is 3.01. The van der Waals surface area contributed by atoms with Gasteiger partial charge in [-0.05, 0) is 42.2 Å². The van der Waals surface area contributed by atoms with Gasteiger partial charge in [-0.15, -0.1) is 0 Å². The average molecular weight is 325 g/mol. The summed E-state index contributed by atoms with van der Waals surface area (Å²) < 4.78 is 28.8. The summed E-state index contributed by atoms with van der Waals surface area (Å²) in [5, 5.41) is 0. The van der Waals surface area contributed by atoms with Crippen LogP contribution in [0.4, 0.5) is 0 Å². The highest BCUT2D eigenvalue weighted by molar-refractivity contribution is 8.13. The minimum Gasteiger partial charge on any atom is -0.487 e. The molecule has 2 aromatic rings. The SMILES string of the molecule is CCc1ccc(COc2ccc(C)cc2S(=O)(=O)Cl)cc1. The lowest BCUT2D eigenvalue weighted by Crippen LogP contribution is -2.01.